The highest BCUT2D eigenvalue weighted by atomic mass is 35.5. The van der Waals surface area contributed by atoms with Gasteiger partial charge < -0.3 is 10.7 Å². The van der Waals surface area contributed by atoms with Crippen LogP contribution in [-0.2, 0) is 0 Å². The van der Waals surface area contributed by atoms with Gasteiger partial charge in [-0.2, -0.15) is 5.10 Å². The second-order valence-corrected chi connectivity index (χ2v) is 4.83. The highest BCUT2D eigenvalue weighted by Gasteiger charge is 2.17. The third kappa shape index (κ3) is 2.41. The Labute approximate surface area is 123 Å². The van der Waals surface area contributed by atoms with E-state index >= 15 is 0 Å². The average molecular weight is 305 g/mol. The predicted molar refractivity (Wildman–Crippen MR) is 79.5 cm³/mol. The maximum Gasteiger partial charge on any atom is 0.247 e. The molecule has 0 aliphatic heterocycles. The molecule has 3 aromatic rings. The number of halogens is 2. The number of benzene rings is 1. The van der Waals surface area contributed by atoms with Crippen LogP contribution in [0.3, 0.4) is 0 Å². The van der Waals surface area contributed by atoms with Gasteiger partial charge in [-0.3, -0.25) is 9.89 Å². The van der Waals surface area contributed by atoms with Gasteiger partial charge in [0.15, 0.2) is 5.82 Å². The van der Waals surface area contributed by atoms with E-state index in [0.717, 1.165) is 0 Å². The molecule has 21 heavy (non-hydrogen) atoms. The molecule has 0 fully saturated rings. The molecule has 4 N–H and O–H groups in total. The monoisotopic (exact) mass is 304 g/mol. The van der Waals surface area contributed by atoms with E-state index in [9.17, 15) is 9.18 Å². The summed E-state index contributed by atoms with van der Waals surface area (Å²) < 4.78 is 13.2. The van der Waals surface area contributed by atoms with Gasteiger partial charge in [0, 0.05) is 23.4 Å². The van der Waals surface area contributed by atoms with E-state index in [1.807, 2.05) is 0 Å². The first-order valence-electron chi connectivity index (χ1n) is 6.04. The molecule has 0 aliphatic rings. The zero-order valence-electron chi connectivity index (χ0n) is 10.7. The Kier molecular flexibility index (Phi) is 3.23. The lowest BCUT2D eigenvalue weighted by Gasteiger charge is -2.07. The Bertz CT molecular complexity index is 851. The molecule has 5 nitrogen and oxygen atoms in total. The SMILES string of the molecule is Nc1n[nH]c(-c2ccc(=O)[nH]c2)c1-c1ccc(F)cc1Cl. The maximum atomic E-state index is 13.2. The molecule has 0 saturated carbocycles. The Hall–Kier alpha value is -2.60. The molecule has 0 amide bonds. The second kappa shape index (κ2) is 5.06. The average Bonchev–Trinajstić information content (AvgIpc) is 2.82. The van der Waals surface area contributed by atoms with Gasteiger partial charge in [-0.25, -0.2) is 4.39 Å². The van der Waals surface area contributed by atoms with Crippen molar-refractivity contribution >= 4 is 17.4 Å². The predicted octanol–water partition coefficient (Wildman–Crippen LogP) is 2.81. The molecule has 3 rings (SSSR count). The second-order valence-electron chi connectivity index (χ2n) is 4.42. The van der Waals surface area contributed by atoms with Crippen LogP contribution in [0.15, 0.2) is 41.3 Å². The summed E-state index contributed by atoms with van der Waals surface area (Å²) in [5.41, 5.74) is 8.07. The molecule has 1 aromatic carbocycles. The summed E-state index contributed by atoms with van der Waals surface area (Å²) in [6.07, 6.45) is 1.54. The molecule has 7 heteroatoms. The fraction of sp³-hybridized carbons (Fsp3) is 0. The number of hydrogen-bond acceptors (Lipinski definition) is 3. The molecule has 0 atom stereocenters. The number of nitrogens with two attached hydrogens (primary N) is 1. The van der Waals surface area contributed by atoms with Gasteiger partial charge >= 0.3 is 0 Å². The van der Waals surface area contributed by atoms with E-state index < -0.39 is 5.82 Å². The summed E-state index contributed by atoms with van der Waals surface area (Å²) in [6, 6.07) is 7.06. The van der Waals surface area contributed by atoms with Crippen LogP contribution >= 0.6 is 11.6 Å². The van der Waals surface area contributed by atoms with Crippen molar-refractivity contribution < 1.29 is 4.39 Å². The van der Waals surface area contributed by atoms with Gasteiger partial charge in [0.25, 0.3) is 0 Å². The number of H-pyrrole nitrogens is 2. The first-order valence-corrected chi connectivity index (χ1v) is 6.42. The number of nitrogen functional groups attached to an aromatic ring is 1. The highest BCUT2D eigenvalue weighted by Crippen LogP contribution is 2.38. The Balaban J connectivity index is 2.21. The molecular weight excluding hydrogens is 295 g/mol. The number of nitrogens with one attached hydrogen (secondary N) is 2. The Morgan fingerprint density at radius 3 is 2.71 bits per heavy atom. The summed E-state index contributed by atoms with van der Waals surface area (Å²) in [7, 11) is 0. The Morgan fingerprint density at radius 1 is 1.24 bits per heavy atom. The zero-order chi connectivity index (χ0) is 15.0. The molecule has 0 bridgehead atoms. The molecule has 0 saturated heterocycles. The molecule has 0 aliphatic carbocycles. The van der Waals surface area contributed by atoms with E-state index in [1.165, 1.54) is 30.5 Å². The van der Waals surface area contributed by atoms with Crippen LogP contribution < -0.4 is 11.3 Å². The lowest BCUT2D eigenvalue weighted by molar-refractivity contribution is 0.628. The van der Waals surface area contributed by atoms with E-state index in [1.54, 1.807) is 6.07 Å². The smallest absolute Gasteiger partial charge is 0.247 e. The number of aromatic nitrogens is 3. The summed E-state index contributed by atoms with van der Waals surface area (Å²) in [6.45, 7) is 0. The van der Waals surface area contributed by atoms with Crippen LogP contribution in [0.4, 0.5) is 10.2 Å². The van der Waals surface area contributed by atoms with Crippen LogP contribution in [0, 0.1) is 5.82 Å². The van der Waals surface area contributed by atoms with Crippen LogP contribution in [-0.4, -0.2) is 15.2 Å². The summed E-state index contributed by atoms with van der Waals surface area (Å²) >= 11 is 6.08. The first kappa shape index (κ1) is 13.4. The lowest BCUT2D eigenvalue weighted by atomic mass is 10.0. The number of pyridine rings is 1. The number of hydrogen-bond donors (Lipinski definition) is 3. The molecule has 2 heterocycles. The van der Waals surface area contributed by atoms with Crippen molar-refractivity contribution in [3.63, 3.8) is 0 Å². The normalized spacial score (nSPS) is 10.8. The Morgan fingerprint density at radius 2 is 2.05 bits per heavy atom. The highest BCUT2D eigenvalue weighted by molar-refractivity contribution is 6.33. The standard InChI is InChI=1S/C14H10ClFN4O/c15-10-5-8(16)2-3-9(10)12-13(19-20-14(12)17)7-1-4-11(21)18-6-7/h1-6H,(H,18,21)(H3,17,19,20). The molecular formula is C14H10ClFN4O. The summed E-state index contributed by atoms with van der Waals surface area (Å²) in [5, 5.41) is 6.99. The van der Waals surface area contributed by atoms with Gasteiger partial charge in [0.1, 0.15) is 5.82 Å². The first-order chi connectivity index (χ1) is 10.1. The van der Waals surface area contributed by atoms with E-state index in [2.05, 4.69) is 15.2 Å². The van der Waals surface area contributed by atoms with Gasteiger partial charge in [0.05, 0.1) is 16.3 Å². The van der Waals surface area contributed by atoms with Crippen molar-refractivity contribution in [2.45, 2.75) is 0 Å². The fourth-order valence-corrected chi connectivity index (χ4v) is 2.36. The third-order valence-electron chi connectivity index (χ3n) is 3.07. The molecule has 0 spiro atoms. The number of aromatic amines is 2. The van der Waals surface area contributed by atoms with Gasteiger partial charge in [-0.15, -0.1) is 0 Å². The van der Waals surface area contributed by atoms with Crippen molar-refractivity contribution in [1.82, 2.24) is 15.2 Å². The van der Waals surface area contributed by atoms with Gasteiger partial charge in [-0.1, -0.05) is 11.6 Å². The topological polar surface area (TPSA) is 87.6 Å². The molecule has 106 valence electrons. The third-order valence-corrected chi connectivity index (χ3v) is 3.38. The van der Waals surface area contributed by atoms with Crippen molar-refractivity contribution in [2.24, 2.45) is 0 Å². The largest absolute Gasteiger partial charge is 0.382 e. The molecule has 0 radical (unpaired) electrons. The van der Waals surface area contributed by atoms with Crippen molar-refractivity contribution in [1.29, 1.82) is 0 Å². The van der Waals surface area contributed by atoms with Crippen molar-refractivity contribution in [3.8, 4) is 22.4 Å². The van der Waals surface area contributed by atoms with Crippen LogP contribution in [0.2, 0.25) is 5.02 Å². The summed E-state index contributed by atoms with van der Waals surface area (Å²) in [4.78, 5) is 13.7. The van der Waals surface area contributed by atoms with Crippen LogP contribution in [0.1, 0.15) is 0 Å². The van der Waals surface area contributed by atoms with Crippen LogP contribution in [0.25, 0.3) is 22.4 Å². The minimum atomic E-state index is -0.434. The lowest BCUT2D eigenvalue weighted by Crippen LogP contribution is -2.01. The zero-order valence-corrected chi connectivity index (χ0v) is 11.4. The van der Waals surface area contributed by atoms with Crippen molar-refractivity contribution in [2.75, 3.05) is 5.73 Å². The van der Waals surface area contributed by atoms with Crippen molar-refractivity contribution in [3.05, 3.63) is 57.7 Å². The number of rotatable bonds is 2. The van der Waals surface area contributed by atoms with E-state index in [4.69, 9.17) is 17.3 Å². The van der Waals surface area contributed by atoms with Gasteiger partial charge in [-0.05, 0) is 24.3 Å². The number of anilines is 1. The molecule has 0 unspecified atom stereocenters. The van der Waals surface area contributed by atoms with E-state index in [-0.39, 0.29) is 16.4 Å². The minimum Gasteiger partial charge on any atom is -0.382 e. The number of nitrogens with zero attached hydrogens (tertiary/aromatic N) is 1. The van der Waals surface area contributed by atoms with Crippen LogP contribution in [0.5, 0.6) is 0 Å². The maximum absolute atomic E-state index is 13.2. The summed E-state index contributed by atoms with van der Waals surface area (Å²) in [5.74, 6) is -0.193. The quantitative estimate of drug-likeness (QED) is 0.680. The van der Waals surface area contributed by atoms with Gasteiger partial charge in [0.2, 0.25) is 5.56 Å². The minimum absolute atomic E-state index is 0.215. The fourth-order valence-electron chi connectivity index (χ4n) is 2.10. The van der Waals surface area contributed by atoms with E-state index in [0.29, 0.717) is 22.4 Å². The molecule has 2 aromatic heterocycles.